The van der Waals surface area contributed by atoms with Gasteiger partial charge >= 0.3 is 5.97 Å². The highest BCUT2D eigenvalue weighted by Crippen LogP contribution is 2.32. The Kier molecular flexibility index (Phi) is 8.78. The summed E-state index contributed by atoms with van der Waals surface area (Å²) in [6.45, 7) is 4.27. The highest BCUT2D eigenvalue weighted by molar-refractivity contribution is 7.98. The van der Waals surface area contributed by atoms with Crippen molar-refractivity contribution in [3.05, 3.63) is 48.0 Å². The van der Waals surface area contributed by atoms with E-state index in [9.17, 15) is 19.8 Å². The Balaban J connectivity index is 1.14. The second-order valence-electron chi connectivity index (χ2n) is 9.72. The smallest absolute Gasteiger partial charge is 0.335 e. The predicted molar refractivity (Wildman–Crippen MR) is 146 cm³/mol. The Labute approximate surface area is 234 Å². The summed E-state index contributed by atoms with van der Waals surface area (Å²) in [5.74, 6) is -0.843. The fourth-order valence-electron chi connectivity index (χ4n) is 4.74. The molecule has 2 aliphatic rings. The number of nitrogens with one attached hydrogen (secondary N) is 1. The van der Waals surface area contributed by atoms with Crippen LogP contribution in [0.15, 0.2) is 36.9 Å². The van der Waals surface area contributed by atoms with E-state index < -0.39 is 42.4 Å². The molecular formula is C25H32N8O6S. The standard InChI is InChI=1S/C25H32N8O6S/c26-16(11-40-10-15-3-1-14(2-4-15)9-32-5-7-38-8-6-32)23(35)31-17-19(34)24(39-20(17)25(36)37)33-13-30-18-21(27)28-12-29-22(18)33/h1-4,12-13,16-17,19-20,24,34H,5-11,26H2,(H,31,35)(H,36,37)(H2,27,28,29). The second-order valence-corrected chi connectivity index (χ2v) is 10.8. The van der Waals surface area contributed by atoms with Crippen molar-refractivity contribution in [2.24, 2.45) is 5.73 Å². The van der Waals surface area contributed by atoms with E-state index in [1.165, 1.54) is 34.5 Å². The molecule has 0 spiro atoms. The largest absolute Gasteiger partial charge is 0.479 e. The van der Waals surface area contributed by atoms with Crippen LogP contribution in [0.2, 0.25) is 0 Å². The lowest BCUT2D eigenvalue weighted by atomic mass is 10.1. The van der Waals surface area contributed by atoms with Crippen molar-refractivity contribution in [3.63, 3.8) is 0 Å². The molecule has 0 saturated carbocycles. The van der Waals surface area contributed by atoms with E-state index in [4.69, 9.17) is 20.9 Å². The van der Waals surface area contributed by atoms with E-state index in [1.54, 1.807) is 0 Å². The summed E-state index contributed by atoms with van der Waals surface area (Å²) < 4.78 is 12.4. The number of aliphatic carboxylic acids is 1. The van der Waals surface area contributed by atoms with Crippen LogP contribution in [0.4, 0.5) is 5.82 Å². The number of hydrogen-bond donors (Lipinski definition) is 5. The number of carbonyl (C=O) groups is 2. The van der Waals surface area contributed by atoms with Crippen LogP contribution in [0.1, 0.15) is 17.4 Å². The molecule has 2 aromatic heterocycles. The third-order valence-corrected chi connectivity index (χ3v) is 8.05. The van der Waals surface area contributed by atoms with E-state index >= 15 is 0 Å². The number of carboxylic acids is 1. The summed E-state index contributed by atoms with van der Waals surface area (Å²) in [5.41, 5.74) is 14.8. The Morgan fingerprint density at radius 2 is 1.88 bits per heavy atom. The van der Waals surface area contributed by atoms with Crippen LogP contribution in [0.3, 0.4) is 0 Å². The Bertz CT molecular complexity index is 1330. The van der Waals surface area contributed by atoms with E-state index in [2.05, 4.69) is 49.4 Å². The van der Waals surface area contributed by atoms with E-state index in [-0.39, 0.29) is 17.0 Å². The van der Waals surface area contributed by atoms with Crippen LogP contribution in [0.5, 0.6) is 0 Å². The minimum absolute atomic E-state index is 0.128. The average Bonchev–Trinajstić information content (AvgIpc) is 3.52. The SMILES string of the molecule is Nc1ncnc2c1ncn2C1OC(C(=O)O)C(NC(=O)C(N)CSCc2ccc(CN3CCOCC3)cc2)C1O. The summed E-state index contributed by atoms with van der Waals surface area (Å²) >= 11 is 1.49. The van der Waals surface area contributed by atoms with Gasteiger partial charge in [-0.2, -0.15) is 11.8 Å². The fraction of sp³-hybridized carbons (Fsp3) is 0.480. The molecule has 40 heavy (non-hydrogen) atoms. The Morgan fingerprint density at radius 3 is 2.60 bits per heavy atom. The van der Waals surface area contributed by atoms with Gasteiger partial charge in [-0.15, -0.1) is 0 Å². The molecule has 0 radical (unpaired) electrons. The van der Waals surface area contributed by atoms with Crippen LogP contribution >= 0.6 is 11.8 Å². The zero-order valence-electron chi connectivity index (χ0n) is 21.6. The van der Waals surface area contributed by atoms with Crippen molar-refractivity contribution in [3.8, 4) is 0 Å². The van der Waals surface area contributed by atoms with Gasteiger partial charge in [0.05, 0.1) is 31.6 Å². The van der Waals surface area contributed by atoms with Gasteiger partial charge in [-0.3, -0.25) is 14.3 Å². The van der Waals surface area contributed by atoms with Gasteiger partial charge in [0.15, 0.2) is 23.8 Å². The summed E-state index contributed by atoms with van der Waals surface area (Å²) in [6, 6.07) is 6.17. The van der Waals surface area contributed by atoms with Gasteiger partial charge in [0.1, 0.15) is 17.9 Å². The molecule has 2 aliphatic heterocycles. The van der Waals surface area contributed by atoms with Gasteiger partial charge in [-0.1, -0.05) is 24.3 Å². The number of nitrogen functional groups attached to an aromatic ring is 1. The molecule has 3 aromatic rings. The number of ether oxygens (including phenoxy) is 2. The van der Waals surface area contributed by atoms with Crippen molar-refractivity contribution >= 4 is 40.6 Å². The number of hydrogen-bond acceptors (Lipinski definition) is 12. The maximum atomic E-state index is 12.9. The Morgan fingerprint density at radius 1 is 1.15 bits per heavy atom. The van der Waals surface area contributed by atoms with E-state index in [0.29, 0.717) is 11.5 Å². The number of amides is 1. The third-order valence-electron chi connectivity index (χ3n) is 6.92. The number of nitrogens with two attached hydrogens (primary N) is 2. The molecule has 1 aromatic carbocycles. The van der Waals surface area contributed by atoms with Crippen LogP contribution in [-0.4, -0.2) is 103 Å². The van der Waals surface area contributed by atoms with Gasteiger partial charge in [-0.05, 0) is 11.1 Å². The maximum Gasteiger partial charge on any atom is 0.335 e. The van der Waals surface area contributed by atoms with Crippen molar-refractivity contribution in [2.45, 2.75) is 42.8 Å². The minimum atomic E-state index is -1.52. The number of anilines is 1. The predicted octanol–water partition coefficient (Wildman–Crippen LogP) is -0.671. The summed E-state index contributed by atoms with van der Waals surface area (Å²) in [7, 11) is 0. The lowest BCUT2D eigenvalue weighted by molar-refractivity contribution is -0.152. The van der Waals surface area contributed by atoms with Crippen molar-refractivity contribution in [1.29, 1.82) is 0 Å². The number of fused-ring (bicyclic) bond motifs is 1. The first-order chi connectivity index (χ1) is 19.3. The van der Waals surface area contributed by atoms with Crippen molar-refractivity contribution in [2.75, 3.05) is 37.8 Å². The number of carboxylic acid groups (broad SMARTS) is 1. The molecule has 5 rings (SSSR count). The quantitative estimate of drug-likeness (QED) is 0.205. The average molecular weight is 573 g/mol. The van der Waals surface area contributed by atoms with E-state index in [1.807, 2.05) is 0 Å². The monoisotopic (exact) mass is 572 g/mol. The lowest BCUT2D eigenvalue weighted by Crippen LogP contribution is -2.54. The molecule has 5 atom stereocenters. The molecular weight excluding hydrogens is 540 g/mol. The van der Waals surface area contributed by atoms with Gasteiger partial charge < -0.3 is 36.5 Å². The zero-order valence-corrected chi connectivity index (χ0v) is 22.4. The second kappa shape index (κ2) is 12.4. The number of carbonyl (C=O) groups excluding carboxylic acids is 1. The van der Waals surface area contributed by atoms with Gasteiger partial charge in [0.25, 0.3) is 0 Å². The molecule has 1 amide bonds. The molecule has 15 heteroatoms. The molecule has 5 unspecified atom stereocenters. The molecule has 2 saturated heterocycles. The first-order valence-electron chi connectivity index (χ1n) is 12.8. The highest BCUT2D eigenvalue weighted by atomic mass is 32.2. The molecule has 14 nitrogen and oxygen atoms in total. The highest BCUT2D eigenvalue weighted by Gasteiger charge is 2.49. The molecule has 7 N–H and O–H groups in total. The van der Waals surface area contributed by atoms with Crippen LogP contribution in [0.25, 0.3) is 11.2 Å². The number of rotatable bonds is 10. The van der Waals surface area contributed by atoms with Crippen LogP contribution in [-0.2, 0) is 31.4 Å². The number of morpholine rings is 1. The summed E-state index contributed by atoms with van der Waals surface area (Å²) in [5, 5.41) is 23.2. The van der Waals surface area contributed by atoms with Gasteiger partial charge in [0, 0.05) is 31.1 Å². The zero-order chi connectivity index (χ0) is 28.2. The number of aliphatic hydroxyl groups excluding tert-OH is 1. The van der Waals surface area contributed by atoms with Gasteiger partial charge in [-0.25, -0.2) is 19.7 Å². The molecule has 2 fully saturated rings. The molecule has 214 valence electrons. The number of thioether (sulfide) groups is 1. The first kappa shape index (κ1) is 28.2. The number of aliphatic hydroxyl groups is 1. The number of imidazole rings is 1. The fourth-order valence-corrected chi connectivity index (χ4v) is 5.69. The lowest BCUT2D eigenvalue weighted by Gasteiger charge is -2.26. The van der Waals surface area contributed by atoms with Crippen molar-refractivity contribution in [1.82, 2.24) is 29.7 Å². The van der Waals surface area contributed by atoms with Crippen LogP contribution < -0.4 is 16.8 Å². The number of nitrogens with zero attached hydrogens (tertiary/aromatic N) is 5. The summed E-state index contributed by atoms with van der Waals surface area (Å²) in [4.78, 5) is 39.2. The topological polar surface area (TPSA) is 204 Å². The Hall–Kier alpha value is -3.34. The molecule has 4 heterocycles. The van der Waals surface area contributed by atoms with Gasteiger partial charge in [0.2, 0.25) is 5.91 Å². The third kappa shape index (κ3) is 6.19. The summed E-state index contributed by atoms with van der Waals surface area (Å²) in [6.07, 6.45) is -1.57. The maximum absolute atomic E-state index is 12.9. The molecule has 0 bridgehead atoms. The first-order valence-corrected chi connectivity index (χ1v) is 14.0. The van der Waals surface area contributed by atoms with Crippen molar-refractivity contribution < 1.29 is 29.3 Å². The molecule has 0 aliphatic carbocycles. The number of benzene rings is 1. The normalized spacial score (nSPS) is 24.2. The van der Waals surface area contributed by atoms with Crippen LogP contribution in [0, 0.1) is 0 Å². The number of aromatic nitrogens is 4. The minimum Gasteiger partial charge on any atom is -0.479 e. The van der Waals surface area contributed by atoms with E-state index in [0.717, 1.165) is 38.4 Å².